The van der Waals surface area contributed by atoms with Gasteiger partial charge in [0.1, 0.15) is 12.7 Å². The van der Waals surface area contributed by atoms with Crippen LogP contribution in [0.2, 0.25) is 0 Å². The van der Waals surface area contributed by atoms with Gasteiger partial charge in [-0.1, -0.05) is 0 Å². The molecule has 5 atom stereocenters. The third-order valence-electron chi connectivity index (χ3n) is 2.96. The first kappa shape index (κ1) is 19.8. The molecule has 0 radical (unpaired) electrons. The van der Waals surface area contributed by atoms with Crippen molar-refractivity contribution >= 4 is 23.9 Å². The van der Waals surface area contributed by atoms with Crippen LogP contribution in [0.5, 0.6) is 0 Å². The van der Waals surface area contributed by atoms with Crippen molar-refractivity contribution < 1.29 is 48.0 Å². The molecule has 0 amide bonds. The van der Waals surface area contributed by atoms with Gasteiger partial charge in [0, 0.05) is 27.7 Å². The average Bonchev–Trinajstić information content (AvgIpc) is 2.70. The zero-order chi connectivity index (χ0) is 18.4. The van der Waals surface area contributed by atoms with Gasteiger partial charge in [-0.25, -0.2) is 0 Å². The van der Waals surface area contributed by atoms with Crippen molar-refractivity contribution in [2.75, 3.05) is 6.61 Å². The summed E-state index contributed by atoms with van der Waals surface area (Å²) < 4.78 is 25.0. The summed E-state index contributed by atoms with van der Waals surface area (Å²) in [6.45, 7) is 4.10. The highest BCUT2D eigenvalue weighted by molar-refractivity contribution is 5.68. The summed E-state index contributed by atoms with van der Waals surface area (Å²) >= 11 is 0. The molecule has 1 heterocycles. The fourth-order valence-electron chi connectivity index (χ4n) is 2.22. The minimum atomic E-state index is -1.61. The van der Waals surface area contributed by atoms with E-state index in [1.165, 1.54) is 0 Å². The number of aliphatic hydroxyl groups excluding tert-OH is 1. The van der Waals surface area contributed by atoms with E-state index in [4.69, 9.17) is 23.7 Å². The smallest absolute Gasteiger partial charge is 0.303 e. The van der Waals surface area contributed by atoms with Gasteiger partial charge in [0.25, 0.3) is 0 Å². The van der Waals surface area contributed by atoms with Crippen LogP contribution in [-0.4, -0.2) is 66.3 Å². The van der Waals surface area contributed by atoms with E-state index in [-0.39, 0.29) is 0 Å². The third kappa shape index (κ3) is 5.78. The van der Waals surface area contributed by atoms with Gasteiger partial charge >= 0.3 is 23.9 Å². The second-order valence-corrected chi connectivity index (χ2v) is 5.09. The van der Waals surface area contributed by atoms with Crippen molar-refractivity contribution in [1.82, 2.24) is 0 Å². The van der Waals surface area contributed by atoms with Gasteiger partial charge in [0.15, 0.2) is 24.6 Å². The van der Waals surface area contributed by atoms with Crippen LogP contribution in [0.1, 0.15) is 27.7 Å². The van der Waals surface area contributed by atoms with Crippen molar-refractivity contribution in [3.63, 3.8) is 0 Å². The van der Waals surface area contributed by atoms with Crippen molar-refractivity contribution in [1.29, 1.82) is 0 Å². The van der Waals surface area contributed by atoms with Crippen LogP contribution >= 0.6 is 0 Å². The summed E-state index contributed by atoms with van der Waals surface area (Å²) in [5.41, 5.74) is 0. The van der Waals surface area contributed by atoms with E-state index in [9.17, 15) is 24.3 Å². The maximum atomic E-state index is 11.3. The molecule has 0 aliphatic carbocycles. The molecule has 0 aromatic heterocycles. The van der Waals surface area contributed by atoms with E-state index in [1.807, 2.05) is 0 Å². The third-order valence-corrected chi connectivity index (χ3v) is 2.96. The van der Waals surface area contributed by atoms with E-state index in [2.05, 4.69) is 0 Å². The van der Waals surface area contributed by atoms with E-state index < -0.39 is 61.2 Å². The summed E-state index contributed by atoms with van der Waals surface area (Å²) in [6.07, 6.45) is -6.55. The van der Waals surface area contributed by atoms with Crippen LogP contribution in [0.15, 0.2) is 0 Å². The molecule has 1 rings (SSSR count). The standard InChI is InChI=1S/C14H20O10/c1-6(15)20-5-10(21-7(2)16)11-12(22-8(3)17)13(14(19)24-11)23-9(4)18/h10-14,19H,5H2,1-4H3/t10-,11+,12-,13-,14-/m1/s1. The van der Waals surface area contributed by atoms with Gasteiger partial charge in [0.2, 0.25) is 0 Å². The molecule has 24 heavy (non-hydrogen) atoms. The molecule has 1 fully saturated rings. The highest BCUT2D eigenvalue weighted by Crippen LogP contribution is 2.29. The molecule has 0 aromatic carbocycles. The van der Waals surface area contributed by atoms with Crippen LogP contribution in [0, 0.1) is 0 Å². The number of esters is 4. The molecule has 0 saturated carbocycles. The Morgan fingerprint density at radius 1 is 0.917 bits per heavy atom. The molecule has 136 valence electrons. The quantitative estimate of drug-likeness (QED) is 0.473. The van der Waals surface area contributed by atoms with Crippen LogP contribution in [0.4, 0.5) is 0 Å². The number of rotatable bonds is 6. The van der Waals surface area contributed by atoms with E-state index in [0.717, 1.165) is 27.7 Å². The van der Waals surface area contributed by atoms with Gasteiger partial charge in [-0.2, -0.15) is 0 Å². The predicted octanol–water partition coefficient (Wildman–Crippen LogP) is -0.938. The molecule has 0 unspecified atom stereocenters. The average molecular weight is 348 g/mol. The largest absolute Gasteiger partial charge is 0.462 e. The number of hydrogen-bond donors (Lipinski definition) is 1. The van der Waals surface area contributed by atoms with E-state index in [0.29, 0.717) is 0 Å². The lowest BCUT2D eigenvalue weighted by Crippen LogP contribution is -2.46. The highest BCUT2D eigenvalue weighted by Gasteiger charge is 2.52. The number of hydrogen-bond acceptors (Lipinski definition) is 10. The Hall–Kier alpha value is -2.20. The molecular weight excluding hydrogens is 328 g/mol. The summed E-state index contributed by atoms with van der Waals surface area (Å²) in [6, 6.07) is 0. The second kappa shape index (κ2) is 8.60. The van der Waals surface area contributed by atoms with Crippen molar-refractivity contribution in [3.8, 4) is 0 Å². The van der Waals surface area contributed by atoms with Gasteiger partial charge in [-0.3, -0.25) is 19.2 Å². The molecule has 0 aromatic rings. The molecule has 1 aliphatic rings. The molecule has 10 nitrogen and oxygen atoms in total. The summed E-state index contributed by atoms with van der Waals surface area (Å²) in [5.74, 6) is -2.80. The van der Waals surface area contributed by atoms with Crippen LogP contribution in [-0.2, 0) is 42.9 Å². The molecule has 0 spiro atoms. The second-order valence-electron chi connectivity index (χ2n) is 5.09. The minimum absolute atomic E-state index is 0.392. The minimum Gasteiger partial charge on any atom is -0.462 e. The van der Waals surface area contributed by atoms with Crippen molar-refractivity contribution in [3.05, 3.63) is 0 Å². The van der Waals surface area contributed by atoms with E-state index in [1.54, 1.807) is 0 Å². The zero-order valence-electron chi connectivity index (χ0n) is 13.7. The number of aliphatic hydroxyl groups is 1. The fourth-order valence-corrected chi connectivity index (χ4v) is 2.22. The molecule has 0 bridgehead atoms. The maximum Gasteiger partial charge on any atom is 0.303 e. The lowest BCUT2D eigenvalue weighted by Gasteiger charge is -2.27. The Bertz CT molecular complexity index is 502. The summed E-state index contributed by atoms with van der Waals surface area (Å²) in [7, 11) is 0. The zero-order valence-corrected chi connectivity index (χ0v) is 13.7. The Labute approximate surface area is 137 Å². The topological polar surface area (TPSA) is 135 Å². The summed E-state index contributed by atoms with van der Waals surface area (Å²) in [4.78, 5) is 44.7. The van der Waals surface area contributed by atoms with Crippen molar-refractivity contribution in [2.45, 2.75) is 58.4 Å². The Morgan fingerprint density at radius 3 is 1.92 bits per heavy atom. The molecular formula is C14H20O10. The molecule has 10 heteroatoms. The van der Waals surface area contributed by atoms with Gasteiger partial charge < -0.3 is 28.8 Å². The van der Waals surface area contributed by atoms with Gasteiger partial charge in [-0.05, 0) is 0 Å². The normalized spacial score (nSPS) is 27.0. The first-order valence-electron chi connectivity index (χ1n) is 7.10. The monoisotopic (exact) mass is 348 g/mol. The fraction of sp³-hybridized carbons (Fsp3) is 0.714. The number of carbonyl (C=O) groups excluding carboxylic acids is 4. The van der Waals surface area contributed by atoms with Crippen molar-refractivity contribution in [2.24, 2.45) is 0 Å². The lowest BCUT2D eigenvalue weighted by atomic mass is 10.1. The van der Waals surface area contributed by atoms with Crippen LogP contribution in [0.3, 0.4) is 0 Å². The number of carbonyl (C=O) groups is 4. The first-order valence-corrected chi connectivity index (χ1v) is 7.10. The SMILES string of the molecule is CC(=O)OC[C@@H](OC(C)=O)[C@@H]1O[C@@H](O)[C@H](OC(C)=O)[C@@H]1OC(C)=O. The first-order chi connectivity index (χ1) is 11.1. The molecule has 1 N–H and O–H groups in total. The van der Waals surface area contributed by atoms with Crippen LogP contribution < -0.4 is 0 Å². The van der Waals surface area contributed by atoms with Gasteiger partial charge in [0.05, 0.1) is 0 Å². The maximum absolute atomic E-state index is 11.3. The van der Waals surface area contributed by atoms with Crippen LogP contribution in [0.25, 0.3) is 0 Å². The van der Waals surface area contributed by atoms with Gasteiger partial charge in [-0.15, -0.1) is 0 Å². The Kier molecular flexibility index (Phi) is 7.11. The number of ether oxygens (including phenoxy) is 5. The Balaban J connectivity index is 3.03. The molecule has 1 aliphatic heterocycles. The lowest BCUT2D eigenvalue weighted by molar-refractivity contribution is -0.184. The highest BCUT2D eigenvalue weighted by atomic mass is 16.7. The Morgan fingerprint density at radius 2 is 1.46 bits per heavy atom. The van der Waals surface area contributed by atoms with E-state index >= 15 is 0 Å². The summed E-state index contributed by atoms with van der Waals surface area (Å²) in [5, 5.41) is 9.91. The predicted molar refractivity (Wildman–Crippen MR) is 74.2 cm³/mol. The molecule has 1 saturated heterocycles.